The highest BCUT2D eigenvalue weighted by atomic mass is 16.5. The van der Waals surface area contributed by atoms with Crippen molar-refractivity contribution >= 4 is 5.84 Å². The lowest BCUT2D eigenvalue weighted by molar-refractivity contribution is 0.0806. The molecule has 0 aliphatic heterocycles. The molecule has 6 nitrogen and oxygen atoms in total. The maximum Gasteiger partial charge on any atom is 0.213 e. The molecule has 100 valence electrons. The van der Waals surface area contributed by atoms with Gasteiger partial charge in [-0.1, -0.05) is 19.0 Å². The Balaban J connectivity index is 2.39. The van der Waals surface area contributed by atoms with E-state index in [-0.39, 0.29) is 5.84 Å². The first kappa shape index (κ1) is 14.2. The maximum absolute atomic E-state index is 8.56. The molecule has 0 aromatic carbocycles. The third-order valence-corrected chi connectivity index (χ3v) is 2.07. The molecule has 0 bridgehead atoms. The number of hydrogen-bond donors (Lipinski definition) is 2. The van der Waals surface area contributed by atoms with E-state index in [1.165, 1.54) is 6.20 Å². The van der Waals surface area contributed by atoms with Crippen LogP contribution in [0.15, 0.2) is 23.5 Å². The normalized spacial score (nSPS) is 11.8. The van der Waals surface area contributed by atoms with E-state index in [4.69, 9.17) is 20.4 Å². The maximum atomic E-state index is 8.56. The van der Waals surface area contributed by atoms with Crippen LogP contribution in [0.2, 0.25) is 0 Å². The molecule has 0 saturated carbocycles. The van der Waals surface area contributed by atoms with Gasteiger partial charge in [-0.05, 0) is 12.0 Å². The number of oxime groups is 1. The van der Waals surface area contributed by atoms with Crippen molar-refractivity contribution in [1.82, 2.24) is 4.98 Å². The Morgan fingerprint density at radius 2 is 2.28 bits per heavy atom. The van der Waals surface area contributed by atoms with Crippen LogP contribution in [0.4, 0.5) is 0 Å². The summed E-state index contributed by atoms with van der Waals surface area (Å²) in [4.78, 5) is 4.02. The summed E-state index contributed by atoms with van der Waals surface area (Å²) < 4.78 is 10.8. The van der Waals surface area contributed by atoms with Crippen molar-refractivity contribution in [2.24, 2.45) is 16.8 Å². The van der Waals surface area contributed by atoms with E-state index in [2.05, 4.69) is 24.0 Å². The van der Waals surface area contributed by atoms with Gasteiger partial charge in [0.15, 0.2) is 5.84 Å². The highest BCUT2D eigenvalue weighted by Crippen LogP contribution is 2.08. The summed E-state index contributed by atoms with van der Waals surface area (Å²) in [5, 5.41) is 11.5. The second kappa shape index (κ2) is 7.50. The van der Waals surface area contributed by atoms with Crippen LogP contribution in [-0.4, -0.2) is 35.8 Å². The molecule has 1 rings (SSSR count). The number of ether oxygens (including phenoxy) is 2. The van der Waals surface area contributed by atoms with E-state index in [1.807, 2.05) is 0 Å². The van der Waals surface area contributed by atoms with Gasteiger partial charge in [0, 0.05) is 24.4 Å². The molecule has 3 N–H and O–H groups in total. The molecule has 0 atom stereocenters. The van der Waals surface area contributed by atoms with Crippen LogP contribution in [0.5, 0.6) is 5.88 Å². The Labute approximate surface area is 106 Å². The van der Waals surface area contributed by atoms with Gasteiger partial charge in [0.25, 0.3) is 0 Å². The number of nitrogens with two attached hydrogens (primary N) is 1. The van der Waals surface area contributed by atoms with E-state index < -0.39 is 0 Å². The van der Waals surface area contributed by atoms with Gasteiger partial charge in [0.05, 0.1) is 6.61 Å². The van der Waals surface area contributed by atoms with Crippen LogP contribution in [0.25, 0.3) is 0 Å². The van der Waals surface area contributed by atoms with Crippen LogP contribution < -0.4 is 10.5 Å². The fraction of sp³-hybridized carbons (Fsp3) is 0.500. The summed E-state index contributed by atoms with van der Waals surface area (Å²) in [7, 11) is 0. The average Bonchev–Trinajstić information content (AvgIpc) is 2.37. The Kier molecular flexibility index (Phi) is 5.93. The molecular weight excluding hydrogens is 234 g/mol. The van der Waals surface area contributed by atoms with E-state index in [0.29, 0.717) is 37.2 Å². The number of aromatic nitrogens is 1. The molecule has 0 aliphatic rings. The Hall–Kier alpha value is -1.82. The highest BCUT2D eigenvalue weighted by molar-refractivity contribution is 5.97. The van der Waals surface area contributed by atoms with Gasteiger partial charge in [-0.2, -0.15) is 0 Å². The summed E-state index contributed by atoms with van der Waals surface area (Å²) in [5.74, 6) is 0.956. The standard InChI is InChI=1S/C12H19N3O3/c1-9(2)8-17-5-6-18-11-7-10(3-4-14-11)12(13)15-16/h3-4,7,9,16H,5-6,8H2,1-2H3,(H2,13,15). The van der Waals surface area contributed by atoms with E-state index in [0.717, 1.165) is 0 Å². The van der Waals surface area contributed by atoms with Gasteiger partial charge < -0.3 is 20.4 Å². The molecule has 18 heavy (non-hydrogen) atoms. The average molecular weight is 253 g/mol. The first-order valence-electron chi connectivity index (χ1n) is 5.78. The third kappa shape index (κ3) is 5.01. The summed E-state index contributed by atoms with van der Waals surface area (Å²) in [5.41, 5.74) is 6.03. The topological polar surface area (TPSA) is 90.0 Å². The number of rotatable bonds is 7. The number of hydrogen-bond acceptors (Lipinski definition) is 5. The van der Waals surface area contributed by atoms with Gasteiger partial charge in [0.2, 0.25) is 5.88 Å². The molecule has 1 aromatic heterocycles. The van der Waals surface area contributed by atoms with Crippen LogP contribution in [0.3, 0.4) is 0 Å². The first-order chi connectivity index (χ1) is 8.63. The van der Waals surface area contributed by atoms with Gasteiger partial charge in [-0.25, -0.2) is 4.98 Å². The predicted octanol–water partition coefficient (Wildman–Crippen LogP) is 1.23. The van der Waals surface area contributed by atoms with Crippen LogP contribution in [0, 0.1) is 5.92 Å². The van der Waals surface area contributed by atoms with Crippen molar-refractivity contribution in [3.63, 3.8) is 0 Å². The smallest absolute Gasteiger partial charge is 0.213 e. The molecular formula is C12H19N3O3. The van der Waals surface area contributed by atoms with E-state index in [1.54, 1.807) is 12.1 Å². The summed E-state index contributed by atoms with van der Waals surface area (Å²) in [6.07, 6.45) is 1.54. The number of amidine groups is 1. The van der Waals surface area contributed by atoms with Gasteiger partial charge in [0.1, 0.15) is 6.61 Å². The highest BCUT2D eigenvalue weighted by Gasteiger charge is 2.02. The molecule has 1 aromatic rings. The molecule has 0 amide bonds. The fourth-order valence-corrected chi connectivity index (χ4v) is 1.23. The fourth-order valence-electron chi connectivity index (χ4n) is 1.23. The van der Waals surface area contributed by atoms with Crippen LogP contribution >= 0.6 is 0 Å². The molecule has 1 heterocycles. The SMILES string of the molecule is CC(C)COCCOc1cc(/C(N)=N/O)ccn1. The lowest BCUT2D eigenvalue weighted by Gasteiger charge is -2.08. The van der Waals surface area contributed by atoms with Crippen LogP contribution in [-0.2, 0) is 4.74 Å². The van der Waals surface area contributed by atoms with Crippen molar-refractivity contribution in [1.29, 1.82) is 0 Å². The molecule has 0 spiro atoms. The zero-order valence-electron chi connectivity index (χ0n) is 10.7. The number of nitrogens with zero attached hydrogens (tertiary/aromatic N) is 2. The zero-order valence-corrected chi connectivity index (χ0v) is 10.7. The molecule has 0 saturated heterocycles. The molecule has 0 fully saturated rings. The molecule has 6 heteroatoms. The lowest BCUT2D eigenvalue weighted by Crippen LogP contribution is -2.14. The minimum atomic E-state index is 0.0262. The van der Waals surface area contributed by atoms with Gasteiger partial charge in [-0.15, -0.1) is 0 Å². The van der Waals surface area contributed by atoms with Gasteiger partial charge in [-0.3, -0.25) is 0 Å². The number of pyridine rings is 1. The monoisotopic (exact) mass is 253 g/mol. The minimum absolute atomic E-state index is 0.0262. The third-order valence-electron chi connectivity index (χ3n) is 2.07. The quantitative estimate of drug-likeness (QED) is 0.251. The van der Waals surface area contributed by atoms with Crippen LogP contribution in [0.1, 0.15) is 19.4 Å². The minimum Gasteiger partial charge on any atom is -0.475 e. The summed E-state index contributed by atoms with van der Waals surface area (Å²) >= 11 is 0. The zero-order chi connectivity index (χ0) is 13.4. The Morgan fingerprint density at radius 1 is 1.50 bits per heavy atom. The van der Waals surface area contributed by atoms with E-state index in [9.17, 15) is 0 Å². The van der Waals surface area contributed by atoms with Crippen molar-refractivity contribution in [3.05, 3.63) is 23.9 Å². The predicted molar refractivity (Wildman–Crippen MR) is 67.9 cm³/mol. The first-order valence-corrected chi connectivity index (χ1v) is 5.78. The molecule has 0 aliphatic carbocycles. The lowest BCUT2D eigenvalue weighted by atomic mass is 10.2. The largest absolute Gasteiger partial charge is 0.475 e. The van der Waals surface area contributed by atoms with Crippen molar-refractivity contribution in [2.75, 3.05) is 19.8 Å². The molecule has 0 radical (unpaired) electrons. The van der Waals surface area contributed by atoms with Gasteiger partial charge >= 0.3 is 0 Å². The molecule has 0 unspecified atom stereocenters. The van der Waals surface area contributed by atoms with E-state index >= 15 is 0 Å². The second-order valence-corrected chi connectivity index (χ2v) is 4.19. The van der Waals surface area contributed by atoms with Crippen molar-refractivity contribution < 1.29 is 14.7 Å². The van der Waals surface area contributed by atoms with Crippen molar-refractivity contribution in [3.8, 4) is 5.88 Å². The Morgan fingerprint density at radius 3 is 2.94 bits per heavy atom. The second-order valence-electron chi connectivity index (χ2n) is 4.19. The summed E-state index contributed by atoms with van der Waals surface area (Å²) in [6, 6.07) is 3.24. The van der Waals surface area contributed by atoms with Crippen molar-refractivity contribution in [2.45, 2.75) is 13.8 Å². The summed E-state index contributed by atoms with van der Waals surface area (Å²) in [6.45, 7) is 5.81. The Bertz CT molecular complexity index is 394.